The van der Waals surface area contributed by atoms with E-state index in [1.165, 1.54) is 11.3 Å². The number of amides is 1. The molecule has 2 rings (SSSR count). The summed E-state index contributed by atoms with van der Waals surface area (Å²) in [6, 6.07) is 0. The van der Waals surface area contributed by atoms with E-state index < -0.39 is 0 Å². The number of nitrogens with two attached hydrogens (primary N) is 1. The number of nitrogens with zero attached hydrogens (tertiary/aromatic N) is 1. The van der Waals surface area contributed by atoms with Gasteiger partial charge in [0.1, 0.15) is 6.10 Å². The molecule has 2 heterocycles. The number of ether oxygens (including phenoxy) is 1. The van der Waals surface area contributed by atoms with Crippen molar-refractivity contribution < 1.29 is 9.53 Å². The highest BCUT2D eigenvalue weighted by atomic mass is 32.1. The maximum Gasteiger partial charge on any atom is 0.255 e. The Morgan fingerprint density at radius 3 is 3.12 bits per heavy atom. The van der Waals surface area contributed by atoms with E-state index in [-0.39, 0.29) is 18.1 Å². The van der Waals surface area contributed by atoms with Gasteiger partial charge in [0.05, 0.1) is 6.10 Å². The molecule has 6 heteroatoms. The SMILES string of the molecule is CCc1cnc(NC(=O)[C@@H]2CC[C@H](CN)O2)s1. The Labute approximate surface area is 104 Å². The zero-order chi connectivity index (χ0) is 12.3. The van der Waals surface area contributed by atoms with Crippen LogP contribution in [0.1, 0.15) is 24.6 Å². The monoisotopic (exact) mass is 255 g/mol. The Bertz CT molecular complexity index is 394. The molecular formula is C11H17N3O2S. The molecule has 17 heavy (non-hydrogen) atoms. The number of thiazole rings is 1. The van der Waals surface area contributed by atoms with E-state index in [1.54, 1.807) is 6.20 Å². The maximum atomic E-state index is 11.9. The van der Waals surface area contributed by atoms with Gasteiger partial charge in [-0.05, 0) is 19.3 Å². The van der Waals surface area contributed by atoms with Crippen LogP contribution in [0.4, 0.5) is 5.13 Å². The summed E-state index contributed by atoms with van der Waals surface area (Å²) < 4.78 is 5.52. The molecule has 0 saturated carbocycles. The predicted octanol–water partition coefficient (Wildman–Crippen LogP) is 1.15. The molecule has 0 aromatic carbocycles. The van der Waals surface area contributed by atoms with Crippen molar-refractivity contribution in [2.45, 2.75) is 38.4 Å². The zero-order valence-electron chi connectivity index (χ0n) is 9.81. The van der Waals surface area contributed by atoms with Crippen molar-refractivity contribution in [2.24, 2.45) is 5.73 Å². The Balaban J connectivity index is 1.89. The molecule has 1 saturated heterocycles. The highest BCUT2D eigenvalue weighted by molar-refractivity contribution is 7.15. The number of carbonyl (C=O) groups excluding carboxylic acids is 1. The van der Waals surface area contributed by atoms with Crippen LogP contribution in [-0.2, 0) is 16.0 Å². The van der Waals surface area contributed by atoms with Crippen LogP contribution in [0.15, 0.2) is 6.20 Å². The average Bonchev–Trinajstić information content (AvgIpc) is 2.96. The zero-order valence-corrected chi connectivity index (χ0v) is 10.6. The van der Waals surface area contributed by atoms with E-state index in [0.717, 1.165) is 24.1 Å². The van der Waals surface area contributed by atoms with Gasteiger partial charge in [0.15, 0.2) is 5.13 Å². The lowest BCUT2D eigenvalue weighted by Crippen LogP contribution is -2.29. The fourth-order valence-corrected chi connectivity index (χ4v) is 2.54. The molecule has 0 aliphatic carbocycles. The number of rotatable bonds is 4. The summed E-state index contributed by atoms with van der Waals surface area (Å²) in [4.78, 5) is 17.2. The van der Waals surface area contributed by atoms with Crippen molar-refractivity contribution in [3.8, 4) is 0 Å². The maximum absolute atomic E-state index is 11.9. The summed E-state index contributed by atoms with van der Waals surface area (Å²) in [7, 11) is 0. The van der Waals surface area contributed by atoms with Crippen molar-refractivity contribution in [3.05, 3.63) is 11.1 Å². The van der Waals surface area contributed by atoms with Gasteiger partial charge in [-0.25, -0.2) is 4.98 Å². The molecule has 1 aliphatic heterocycles. The first-order chi connectivity index (χ1) is 8.22. The van der Waals surface area contributed by atoms with Gasteiger partial charge >= 0.3 is 0 Å². The van der Waals surface area contributed by atoms with Gasteiger partial charge in [-0.3, -0.25) is 10.1 Å². The molecule has 1 amide bonds. The summed E-state index contributed by atoms with van der Waals surface area (Å²) in [5.74, 6) is -0.113. The van der Waals surface area contributed by atoms with Crippen LogP contribution in [0.5, 0.6) is 0 Å². The van der Waals surface area contributed by atoms with Crippen molar-refractivity contribution >= 4 is 22.4 Å². The summed E-state index contributed by atoms with van der Waals surface area (Å²) >= 11 is 1.50. The standard InChI is InChI=1S/C11H17N3O2S/c1-2-8-6-13-11(17-8)14-10(15)9-4-3-7(5-12)16-9/h6-7,9H,2-5,12H2,1H3,(H,13,14,15)/t7-,9+/m1/s1. The fourth-order valence-electron chi connectivity index (χ4n) is 1.79. The molecular weight excluding hydrogens is 238 g/mol. The molecule has 3 N–H and O–H groups in total. The molecule has 1 aromatic heterocycles. The second-order valence-corrected chi connectivity index (χ2v) is 5.15. The molecule has 0 unspecified atom stereocenters. The van der Waals surface area contributed by atoms with Gasteiger partial charge in [-0.15, -0.1) is 11.3 Å². The topological polar surface area (TPSA) is 77.2 Å². The fraction of sp³-hybridized carbons (Fsp3) is 0.636. The number of hydrogen-bond acceptors (Lipinski definition) is 5. The minimum Gasteiger partial charge on any atom is -0.364 e. The summed E-state index contributed by atoms with van der Waals surface area (Å²) in [6.07, 6.45) is 3.96. The molecule has 1 aromatic rings. The number of aromatic nitrogens is 1. The van der Waals surface area contributed by atoms with Gasteiger partial charge in [0, 0.05) is 17.6 Å². The number of nitrogens with one attached hydrogen (secondary N) is 1. The minimum absolute atomic E-state index is 0.0215. The number of anilines is 1. The van der Waals surface area contributed by atoms with Gasteiger partial charge in [0.25, 0.3) is 5.91 Å². The van der Waals surface area contributed by atoms with E-state index in [4.69, 9.17) is 10.5 Å². The molecule has 0 bridgehead atoms. The third-order valence-electron chi connectivity index (χ3n) is 2.80. The smallest absolute Gasteiger partial charge is 0.255 e. The molecule has 5 nitrogen and oxygen atoms in total. The lowest BCUT2D eigenvalue weighted by Gasteiger charge is -2.11. The highest BCUT2D eigenvalue weighted by Gasteiger charge is 2.30. The van der Waals surface area contributed by atoms with Crippen LogP contribution in [0, 0.1) is 0 Å². The van der Waals surface area contributed by atoms with Crippen LogP contribution in [-0.4, -0.2) is 29.6 Å². The normalized spacial score (nSPS) is 23.9. The van der Waals surface area contributed by atoms with E-state index in [2.05, 4.69) is 17.2 Å². The first-order valence-electron chi connectivity index (χ1n) is 5.84. The van der Waals surface area contributed by atoms with E-state index in [9.17, 15) is 4.79 Å². The molecule has 1 fully saturated rings. The third-order valence-corrected chi connectivity index (χ3v) is 3.85. The van der Waals surface area contributed by atoms with Crippen molar-refractivity contribution in [1.82, 2.24) is 4.98 Å². The van der Waals surface area contributed by atoms with E-state index >= 15 is 0 Å². The minimum atomic E-state index is -0.377. The Morgan fingerprint density at radius 1 is 1.71 bits per heavy atom. The van der Waals surface area contributed by atoms with Gasteiger partial charge < -0.3 is 10.5 Å². The molecule has 2 atom stereocenters. The molecule has 1 aliphatic rings. The number of hydrogen-bond donors (Lipinski definition) is 2. The van der Waals surface area contributed by atoms with E-state index in [0.29, 0.717) is 11.7 Å². The average molecular weight is 255 g/mol. The Hall–Kier alpha value is -0.980. The number of carbonyl (C=O) groups is 1. The van der Waals surface area contributed by atoms with E-state index in [1.807, 2.05) is 0 Å². The quantitative estimate of drug-likeness (QED) is 0.846. The predicted molar refractivity (Wildman–Crippen MR) is 67.1 cm³/mol. The highest BCUT2D eigenvalue weighted by Crippen LogP contribution is 2.22. The lowest BCUT2D eigenvalue weighted by atomic mass is 10.2. The van der Waals surface area contributed by atoms with Crippen LogP contribution in [0.25, 0.3) is 0 Å². The Kier molecular flexibility index (Phi) is 4.09. The van der Waals surface area contributed by atoms with Crippen LogP contribution < -0.4 is 11.1 Å². The largest absolute Gasteiger partial charge is 0.364 e. The third kappa shape index (κ3) is 3.02. The Morgan fingerprint density at radius 2 is 2.53 bits per heavy atom. The summed E-state index contributed by atoms with van der Waals surface area (Å²) in [5, 5.41) is 3.43. The summed E-state index contributed by atoms with van der Waals surface area (Å²) in [5.41, 5.74) is 5.50. The van der Waals surface area contributed by atoms with Crippen molar-refractivity contribution in [3.63, 3.8) is 0 Å². The van der Waals surface area contributed by atoms with Crippen molar-refractivity contribution in [1.29, 1.82) is 0 Å². The van der Waals surface area contributed by atoms with Gasteiger partial charge in [-0.1, -0.05) is 6.92 Å². The summed E-state index contributed by atoms with van der Waals surface area (Å²) in [6.45, 7) is 2.53. The van der Waals surface area contributed by atoms with Gasteiger partial charge in [0.2, 0.25) is 0 Å². The van der Waals surface area contributed by atoms with Gasteiger partial charge in [-0.2, -0.15) is 0 Å². The number of aryl methyl sites for hydroxylation is 1. The first kappa shape index (κ1) is 12.5. The first-order valence-corrected chi connectivity index (χ1v) is 6.65. The van der Waals surface area contributed by atoms with Crippen LogP contribution >= 0.6 is 11.3 Å². The second kappa shape index (κ2) is 5.57. The van der Waals surface area contributed by atoms with Crippen molar-refractivity contribution in [2.75, 3.05) is 11.9 Å². The van der Waals surface area contributed by atoms with Crippen LogP contribution in [0.2, 0.25) is 0 Å². The molecule has 94 valence electrons. The molecule has 0 spiro atoms. The molecule has 0 radical (unpaired) electrons. The lowest BCUT2D eigenvalue weighted by molar-refractivity contribution is -0.126. The van der Waals surface area contributed by atoms with Crippen LogP contribution in [0.3, 0.4) is 0 Å². The second-order valence-electron chi connectivity index (χ2n) is 4.03.